The lowest BCUT2D eigenvalue weighted by Gasteiger charge is -2.18. The molecule has 0 saturated carbocycles. The Hall–Kier alpha value is -3.93. The smallest absolute Gasteiger partial charge is 0.306 e. The highest BCUT2D eigenvalue weighted by molar-refractivity contribution is 5.71. The summed E-state index contributed by atoms with van der Waals surface area (Å²) in [7, 11) is 0. The average Bonchev–Trinajstić information content (AvgIpc) is 3.38. The first kappa shape index (κ1) is 68.1. The van der Waals surface area contributed by atoms with Crippen LogP contribution < -0.4 is 0 Å². The van der Waals surface area contributed by atoms with E-state index in [1.165, 1.54) is 109 Å². The Morgan fingerprint density at radius 2 is 0.542 bits per heavy atom. The van der Waals surface area contributed by atoms with Gasteiger partial charge >= 0.3 is 17.9 Å². The van der Waals surface area contributed by atoms with E-state index in [1.807, 2.05) is 0 Å². The van der Waals surface area contributed by atoms with Crippen molar-refractivity contribution in [3.8, 4) is 0 Å². The van der Waals surface area contributed by atoms with E-state index in [4.69, 9.17) is 14.2 Å². The minimum atomic E-state index is -0.797. The number of carbonyl (C=O) groups excluding carboxylic acids is 3. The third-order valence-electron chi connectivity index (χ3n) is 12.5. The number of hydrogen-bond donors (Lipinski definition) is 0. The van der Waals surface area contributed by atoms with E-state index >= 15 is 0 Å². The van der Waals surface area contributed by atoms with Crippen LogP contribution in [0.5, 0.6) is 0 Å². The number of ether oxygens (including phenoxy) is 3. The zero-order valence-electron chi connectivity index (χ0n) is 46.9. The first-order chi connectivity index (χ1) is 35.5. The summed E-state index contributed by atoms with van der Waals surface area (Å²) in [6.45, 7) is 6.47. The predicted molar refractivity (Wildman–Crippen MR) is 311 cm³/mol. The molecule has 0 fully saturated rings. The number of allylic oxidation sites excluding steroid dienone is 18. The summed E-state index contributed by atoms with van der Waals surface area (Å²) in [6, 6.07) is 0. The van der Waals surface area contributed by atoms with Crippen LogP contribution >= 0.6 is 0 Å². The van der Waals surface area contributed by atoms with Gasteiger partial charge in [-0.3, -0.25) is 14.4 Å². The van der Waals surface area contributed by atoms with Gasteiger partial charge in [-0.2, -0.15) is 0 Å². The van der Waals surface area contributed by atoms with Crippen molar-refractivity contribution in [1.29, 1.82) is 0 Å². The fraction of sp³-hybridized carbons (Fsp3) is 0.682. The number of unbranched alkanes of at least 4 members (excludes halogenated alkanes) is 24. The van der Waals surface area contributed by atoms with Crippen LogP contribution in [0, 0.1) is 0 Å². The molecule has 0 saturated heterocycles. The fourth-order valence-electron chi connectivity index (χ4n) is 8.04. The Bertz CT molecular complexity index is 1470. The number of esters is 3. The summed E-state index contributed by atoms with van der Waals surface area (Å²) in [4.78, 5) is 38.2. The zero-order chi connectivity index (χ0) is 52.2. The maximum absolute atomic E-state index is 12.9. The highest BCUT2D eigenvalue weighted by Gasteiger charge is 2.19. The fourth-order valence-corrected chi connectivity index (χ4v) is 8.04. The van der Waals surface area contributed by atoms with E-state index in [1.54, 1.807) is 0 Å². The van der Waals surface area contributed by atoms with Gasteiger partial charge in [0, 0.05) is 19.3 Å². The number of hydrogen-bond acceptors (Lipinski definition) is 6. The van der Waals surface area contributed by atoms with Crippen LogP contribution in [0.15, 0.2) is 109 Å². The van der Waals surface area contributed by atoms with Crippen molar-refractivity contribution < 1.29 is 28.6 Å². The van der Waals surface area contributed by atoms with Crippen molar-refractivity contribution in [2.45, 2.75) is 277 Å². The van der Waals surface area contributed by atoms with Crippen molar-refractivity contribution in [2.75, 3.05) is 13.2 Å². The zero-order valence-corrected chi connectivity index (χ0v) is 46.9. The third-order valence-corrected chi connectivity index (χ3v) is 12.5. The molecule has 72 heavy (non-hydrogen) atoms. The minimum absolute atomic E-state index is 0.0915. The average molecular weight is 1000 g/mol. The normalized spacial score (nSPS) is 12.9. The molecule has 0 aliphatic rings. The molecular weight excluding hydrogens is 889 g/mol. The van der Waals surface area contributed by atoms with Crippen LogP contribution in [0.4, 0.5) is 0 Å². The monoisotopic (exact) mass is 999 g/mol. The molecule has 0 radical (unpaired) electrons. The predicted octanol–water partition coefficient (Wildman–Crippen LogP) is 20.3. The second-order valence-corrected chi connectivity index (χ2v) is 19.5. The van der Waals surface area contributed by atoms with Crippen molar-refractivity contribution >= 4 is 17.9 Å². The lowest BCUT2D eigenvalue weighted by molar-refractivity contribution is -0.167. The number of rotatable bonds is 53. The second kappa shape index (κ2) is 59.6. The SMILES string of the molecule is CC/C=C\C/C=C\C/C=C\C/C=C\C/C=C\C/C=C\C/C=C\CCCCCC(=O)OCC(COC(=O)CCCCCCCCCCCCC)OC(=O)CCCCCCCCC/C=C\C/C=C\CCCCCC. The van der Waals surface area contributed by atoms with Crippen LogP contribution in [0.25, 0.3) is 0 Å². The first-order valence-electron chi connectivity index (χ1n) is 29.9. The van der Waals surface area contributed by atoms with Gasteiger partial charge in [-0.25, -0.2) is 0 Å². The third kappa shape index (κ3) is 57.0. The highest BCUT2D eigenvalue weighted by Crippen LogP contribution is 2.15. The Kier molecular flexibility index (Phi) is 56.4. The molecule has 6 nitrogen and oxygen atoms in total. The molecule has 0 spiro atoms. The van der Waals surface area contributed by atoms with Crippen molar-refractivity contribution in [3.05, 3.63) is 109 Å². The van der Waals surface area contributed by atoms with Crippen molar-refractivity contribution in [3.63, 3.8) is 0 Å². The molecular formula is C66H110O6. The van der Waals surface area contributed by atoms with Gasteiger partial charge in [0.05, 0.1) is 0 Å². The molecule has 1 unspecified atom stereocenters. The van der Waals surface area contributed by atoms with Gasteiger partial charge in [-0.15, -0.1) is 0 Å². The molecule has 6 heteroatoms. The van der Waals surface area contributed by atoms with E-state index in [2.05, 4.69) is 130 Å². The van der Waals surface area contributed by atoms with E-state index in [-0.39, 0.29) is 31.1 Å². The molecule has 0 aliphatic heterocycles. The Morgan fingerprint density at radius 1 is 0.292 bits per heavy atom. The minimum Gasteiger partial charge on any atom is -0.462 e. The van der Waals surface area contributed by atoms with E-state index < -0.39 is 6.10 Å². The summed E-state index contributed by atoms with van der Waals surface area (Å²) in [6.07, 6.45) is 80.8. The number of carbonyl (C=O) groups is 3. The molecule has 0 aliphatic carbocycles. The van der Waals surface area contributed by atoms with Crippen LogP contribution in [0.1, 0.15) is 271 Å². The molecule has 0 rings (SSSR count). The summed E-state index contributed by atoms with van der Waals surface area (Å²) in [5.41, 5.74) is 0. The molecule has 0 amide bonds. The Balaban J connectivity index is 4.41. The first-order valence-corrected chi connectivity index (χ1v) is 29.9. The summed E-state index contributed by atoms with van der Waals surface area (Å²) in [5.74, 6) is -0.931. The van der Waals surface area contributed by atoms with Gasteiger partial charge < -0.3 is 14.2 Å². The van der Waals surface area contributed by atoms with Crippen LogP contribution in [0.3, 0.4) is 0 Å². The van der Waals surface area contributed by atoms with Gasteiger partial charge in [0.1, 0.15) is 13.2 Å². The quantitative estimate of drug-likeness (QED) is 0.0261. The van der Waals surface area contributed by atoms with Crippen LogP contribution in [-0.4, -0.2) is 37.2 Å². The molecule has 0 aromatic heterocycles. The highest BCUT2D eigenvalue weighted by atomic mass is 16.6. The summed E-state index contributed by atoms with van der Waals surface area (Å²) in [5, 5.41) is 0. The van der Waals surface area contributed by atoms with E-state index in [0.29, 0.717) is 19.3 Å². The topological polar surface area (TPSA) is 78.9 Å². The standard InChI is InChI=1S/C66H110O6/c1-4-7-10-13-16-19-22-24-26-28-30-31-32-33-34-35-36-38-39-41-44-47-50-53-56-59-65(68)71-62-63(61-70-64(67)58-55-52-49-46-43-21-18-15-12-9-6-3)72-66(69)60-57-54-51-48-45-42-40-37-29-27-25-23-20-17-14-11-8-5-2/h7,10,16,19-20,23-24,26-27,29-31,33-34,36,38,41,44,63H,4-6,8-9,11-15,17-18,21-22,25,28,32,35,37,39-40,42-43,45-62H2,1-3H3/b10-7-,19-16-,23-20-,26-24-,29-27-,31-30-,34-33-,38-36-,44-41-. The Labute approximate surface area is 444 Å². The molecule has 0 aromatic carbocycles. The van der Waals surface area contributed by atoms with Gasteiger partial charge in [0.2, 0.25) is 0 Å². The van der Waals surface area contributed by atoms with Crippen LogP contribution in [-0.2, 0) is 28.6 Å². The van der Waals surface area contributed by atoms with Crippen LogP contribution in [0.2, 0.25) is 0 Å². The second-order valence-electron chi connectivity index (χ2n) is 19.5. The molecule has 0 heterocycles. The molecule has 0 N–H and O–H groups in total. The lowest BCUT2D eigenvalue weighted by Crippen LogP contribution is -2.30. The molecule has 0 aromatic rings. The largest absolute Gasteiger partial charge is 0.462 e. The summed E-state index contributed by atoms with van der Waals surface area (Å²) < 4.78 is 16.8. The van der Waals surface area contributed by atoms with Crippen molar-refractivity contribution in [2.24, 2.45) is 0 Å². The van der Waals surface area contributed by atoms with Gasteiger partial charge in [-0.1, -0.05) is 252 Å². The van der Waals surface area contributed by atoms with Gasteiger partial charge in [0.25, 0.3) is 0 Å². The lowest BCUT2D eigenvalue weighted by atomic mass is 10.1. The molecule has 410 valence electrons. The maximum atomic E-state index is 12.9. The maximum Gasteiger partial charge on any atom is 0.306 e. The molecule has 0 bridgehead atoms. The van der Waals surface area contributed by atoms with E-state index in [9.17, 15) is 14.4 Å². The van der Waals surface area contributed by atoms with Gasteiger partial charge in [-0.05, 0) is 109 Å². The molecule has 1 atom stereocenters. The van der Waals surface area contributed by atoms with Gasteiger partial charge in [0.15, 0.2) is 6.10 Å². The summed E-state index contributed by atoms with van der Waals surface area (Å²) >= 11 is 0. The van der Waals surface area contributed by atoms with Crippen molar-refractivity contribution in [1.82, 2.24) is 0 Å². The van der Waals surface area contributed by atoms with E-state index in [0.717, 1.165) is 122 Å². The Morgan fingerprint density at radius 3 is 0.875 bits per heavy atom.